The molecule has 5 heteroatoms. The third-order valence-electron chi connectivity index (χ3n) is 1.68. The first-order valence-electron chi connectivity index (χ1n) is 3.57. The van der Waals surface area contributed by atoms with Gasteiger partial charge in [-0.2, -0.15) is 0 Å². The van der Waals surface area contributed by atoms with Gasteiger partial charge in [0.15, 0.2) is 0 Å². The van der Waals surface area contributed by atoms with Gasteiger partial charge >= 0.3 is 0 Å². The van der Waals surface area contributed by atoms with Crippen LogP contribution >= 0.6 is 0 Å². The Hall–Kier alpha value is -1.91. The second-order valence-corrected chi connectivity index (χ2v) is 2.60. The van der Waals surface area contributed by atoms with Crippen molar-refractivity contribution in [2.24, 2.45) is 0 Å². The maximum atomic E-state index is 12.6. The minimum Gasteiger partial charge on any atom is -0.858 e. The summed E-state index contributed by atoms with van der Waals surface area (Å²) in [6.07, 6.45) is 1.05. The molecule has 66 valence electrons. The third-order valence-corrected chi connectivity index (χ3v) is 1.68. The number of hydrogen-bond acceptors (Lipinski definition) is 3. The Bertz CT molecular complexity index is 477. The zero-order valence-electron chi connectivity index (χ0n) is 6.47. The number of aromatic amines is 1. The van der Waals surface area contributed by atoms with Crippen molar-refractivity contribution in [2.45, 2.75) is 0 Å². The summed E-state index contributed by atoms with van der Waals surface area (Å²) in [5.74, 6) is -1.30. The highest BCUT2D eigenvalue weighted by atomic mass is 19.1. The number of halogens is 1. The molecule has 0 spiro atoms. The molecular weight excluding hydrogens is 173 g/mol. The SMILES string of the molecule is N=C([O-])c1cc2cc(F)cnc2[nH]1. The average Bonchev–Trinajstić information content (AvgIpc) is 2.46. The monoisotopic (exact) mass is 178 g/mol. The summed E-state index contributed by atoms with van der Waals surface area (Å²) in [4.78, 5) is 6.33. The smallest absolute Gasteiger partial charge is 0.142 e. The summed E-state index contributed by atoms with van der Waals surface area (Å²) < 4.78 is 12.6. The number of nitrogens with zero attached hydrogens (tertiary/aromatic N) is 1. The molecule has 0 aliphatic heterocycles. The predicted molar refractivity (Wildman–Crippen MR) is 42.9 cm³/mol. The number of fused-ring (bicyclic) bond motifs is 1. The Morgan fingerprint density at radius 1 is 1.54 bits per heavy atom. The molecule has 13 heavy (non-hydrogen) atoms. The first kappa shape index (κ1) is 7.72. The molecule has 0 fully saturated rings. The van der Waals surface area contributed by atoms with Crippen LogP contribution in [0.2, 0.25) is 0 Å². The number of pyridine rings is 1. The van der Waals surface area contributed by atoms with Crippen LogP contribution in [0.1, 0.15) is 5.69 Å². The number of aromatic nitrogens is 2. The maximum Gasteiger partial charge on any atom is 0.142 e. The van der Waals surface area contributed by atoms with E-state index < -0.39 is 11.7 Å². The van der Waals surface area contributed by atoms with Gasteiger partial charge in [-0.05, 0) is 12.1 Å². The second kappa shape index (κ2) is 2.55. The molecule has 2 aromatic rings. The highest BCUT2D eigenvalue weighted by molar-refractivity contribution is 5.92. The lowest BCUT2D eigenvalue weighted by Crippen LogP contribution is -2.16. The van der Waals surface area contributed by atoms with E-state index in [9.17, 15) is 9.50 Å². The van der Waals surface area contributed by atoms with Crippen LogP contribution < -0.4 is 5.11 Å². The molecule has 0 amide bonds. The first-order valence-corrected chi connectivity index (χ1v) is 3.57. The molecule has 0 saturated heterocycles. The highest BCUT2D eigenvalue weighted by Crippen LogP contribution is 2.13. The minimum atomic E-state index is -0.835. The molecule has 0 aromatic carbocycles. The van der Waals surface area contributed by atoms with Gasteiger partial charge in [0.2, 0.25) is 0 Å². The fourth-order valence-corrected chi connectivity index (χ4v) is 1.11. The van der Waals surface area contributed by atoms with Gasteiger partial charge in [-0.15, -0.1) is 0 Å². The predicted octanol–water partition coefficient (Wildman–Crippen LogP) is 0.388. The van der Waals surface area contributed by atoms with E-state index in [1.54, 1.807) is 0 Å². The Kier molecular flexibility index (Phi) is 1.51. The van der Waals surface area contributed by atoms with Crippen LogP contribution in [0.5, 0.6) is 0 Å². The molecule has 4 nitrogen and oxygen atoms in total. The van der Waals surface area contributed by atoms with Gasteiger partial charge in [0.1, 0.15) is 11.5 Å². The lowest BCUT2D eigenvalue weighted by atomic mass is 10.3. The molecule has 0 unspecified atom stereocenters. The van der Waals surface area contributed by atoms with Crippen LogP contribution in [0.4, 0.5) is 4.39 Å². The fourth-order valence-electron chi connectivity index (χ4n) is 1.11. The van der Waals surface area contributed by atoms with Crippen molar-refractivity contribution in [1.29, 1.82) is 5.41 Å². The molecule has 0 aliphatic rings. The molecule has 2 N–H and O–H groups in total. The molecule has 0 radical (unpaired) electrons. The molecule has 2 aromatic heterocycles. The molecule has 0 atom stereocenters. The molecule has 0 saturated carbocycles. The van der Waals surface area contributed by atoms with E-state index in [0.717, 1.165) is 6.20 Å². The van der Waals surface area contributed by atoms with Crippen LogP contribution in [0.25, 0.3) is 11.0 Å². The van der Waals surface area contributed by atoms with Crippen molar-refractivity contribution in [3.63, 3.8) is 0 Å². The summed E-state index contributed by atoms with van der Waals surface area (Å²) >= 11 is 0. The first-order chi connectivity index (χ1) is 6.16. The van der Waals surface area contributed by atoms with Crippen molar-refractivity contribution >= 4 is 16.9 Å². The third kappa shape index (κ3) is 1.24. The number of rotatable bonds is 1. The van der Waals surface area contributed by atoms with Gasteiger partial charge in [0.25, 0.3) is 0 Å². The molecule has 2 rings (SSSR count). The lowest BCUT2D eigenvalue weighted by molar-refractivity contribution is -0.214. The van der Waals surface area contributed by atoms with Crippen LogP contribution in [0, 0.1) is 11.2 Å². The lowest BCUT2D eigenvalue weighted by Gasteiger charge is -2.01. The molecule has 0 bridgehead atoms. The van der Waals surface area contributed by atoms with Gasteiger partial charge in [0.05, 0.1) is 11.9 Å². The van der Waals surface area contributed by atoms with Crippen LogP contribution in [-0.4, -0.2) is 15.9 Å². The van der Waals surface area contributed by atoms with Gasteiger partial charge in [-0.1, -0.05) is 0 Å². The molecule has 0 aliphatic carbocycles. The van der Waals surface area contributed by atoms with Gasteiger partial charge < -0.3 is 15.5 Å². The largest absolute Gasteiger partial charge is 0.858 e. The van der Waals surface area contributed by atoms with Crippen molar-refractivity contribution in [3.05, 3.63) is 29.8 Å². The fraction of sp³-hybridized carbons (Fsp3) is 0. The van der Waals surface area contributed by atoms with Gasteiger partial charge in [-0.25, -0.2) is 9.37 Å². The van der Waals surface area contributed by atoms with Crippen molar-refractivity contribution in [3.8, 4) is 0 Å². The topological polar surface area (TPSA) is 75.6 Å². The average molecular weight is 178 g/mol. The maximum absolute atomic E-state index is 12.6. The van der Waals surface area contributed by atoms with Crippen LogP contribution in [0.15, 0.2) is 18.3 Å². The van der Waals surface area contributed by atoms with E-state index in [1.807, 2.05) is 0 Å². The van der Waals surface area contributed by atoms with E-state index >= 15 is 0 Å². The van der Waals surface area contributed by atoms with E-state index in [1.165, 1.54) is 12.1 Å². The Morgan fingerprint density at radius 3 is 3.00 bits per heavy atom. The summed E-state index contributed by atoms with van der Waals surface area (Å²) in [5.41, 5.74) is 0.533. The van der Waals surface area contributed by atoms with E-state index in [4.69, 9.17) is 5.41 Å². The minimum absolute atomic E-state index is 0.119. The molecular formula is C8H5FN3O-. The quantitative estimate of drug-likeness (QED) is 0.489. The van der Waals surface area contributed by atoms with Crippen molar-refractivity contribution in [1.82, 2.24) is 9.97 Å². The number of hydrogen-bond donors (Lipinski definition) is 2. The Morgan fingerprint density at radius 2 is 2.31 bits per heavy atom. The van der Waals surface area contributed by atoms with Crippen molar-refractivity contribution < 1.29 is 9.50 Å². The van der Waals surface area contributed by atoms with E-state index in [2.05, 4.69) is 9.97 Å². The number of nitrogens with one attached hydrogen (secondary N) is 2. The summed E-state index contributed by atoms with van der Waals surface area (Å²) in [6.45, 7) is 0. The summed E-state index contributed by atoms with van der Waals surface area (Å²) in [5, 5.41) is 17.9. The van der Waals surface area contributed by atoms with Gasteiger partial charge in [0, 0.05) is 11.3 Å². The second-order valence-electron chi connectivity index (χ2n) is 2.60. The number of H-pyrrole nitrogens is 1. The summed E-state index contributed by atoms with van der Waals surface area (Å²) in [7, 11) is 0. The van der Waals surface area contributed by atoms with Crippen LogP contribution in [-0.2, 0) is 0 Å². The van der Waals surface area contributed by atoms with E-state index in [-0.39, 0.29) is 5.69 Å². The Labute approximate surface area is 72.6 Å². The van der Waals surface area contributed by atoms with Gasteiger partial charge in [-0.3, -0.25) is 0 Å². The Balaban J connectivity index is 2.68. The zero-order valence-corrected chi connectivity index (χ0v) is 6.47. The zero-order chi connectivity index (χ0) is 9.42. The van der Waals surface area contributed by atoms with Crippen LogP contribution in [0.3, 0.4) is 0 Å². The van der Waals surface area contributed by atoms with Crippen molar-refractivity contribution in [2.75, 3.05) is 0 Å². The standard InChI is InChI=1S/C8H6FN3O/c9-5-1-4-2-6(7(10)13)12-8(4)11-3-5/h1-3H,(H2,10,13)(H,11,12)/p-1. The van der Waals surface area contributed by atoms with E-state index in [0.29, 0.717) is 11.0 Å². The molecule has 2 heterocycles. The summed E-state index contributed by atoms with van der Waals surface area (Å²) in [6, 6.07) is 2.66. The normalized spacial score (nSPS) is 10.5. The highest BCUT2D eigenvalue weighted by Gasteiger charge is 2.01.